The zero-order chi connectivity index (χ0) is 21.2. The summed E-state index contributed by atoms with van der Waals surface area (Å²) in [6.45, 7) is 1.19. The molecular formula is C26H19N3O2. The lowest BCUT2D eigenvalue weighted by Gasteiger charge is -2.36. The Labute approximate surface area is 180 Å². The minimum absolute atomic E-state index is 0.0778. The molecule has 0 bridgehead atoms. The third-order valence-electron chi connectivity index (χ3n) is 5.93. The first-order valence-corrected chi connectivity index (χ1v) is 10.2. The summed E-state index contributed by atoms with van der Waals surface area (Å²) < 4.78 is 12.3. The molecule has 5 nitrogen and oxygen atoms in total. The van der Waals surface area contributed by atoms with Crippen molar-refractivity contribution >= 4 is 5.71 Å². The minimum atomic E-state index is -0.159. The Kier molecular flexibility index (Phi) is 4.96. The van der Waals surface area contributed by atoms with Crippen LogP contribution in [0, 0.1) is 22.8 Å². The van der Waals surface area contributed by atoms with Gasteiger partial charge in [-0.1, -0.05) is 42.5 Å². The molecule has 0 saturated carbocycles. The molecule has 3 aromatic carbocycles. The summed E-state index contributed by atoms with van der Waals surface area (Å²) in [6, 6.07) is 23.8. The Hall–Kier alpha value is -3.93. The summed E-state index contributed by atoms with van der Waals surface area (Å²) in [5.74, 6) is 0.794. The highest BCUT2D eigenvalue weighted by molar-refractivity contribution is 6.05. The second kappa shape index (κ2) is 8.07. The third kappa shape index (κ3) is 3.57. The van der Waals surface area contributed by atoms with Crippen molar-refractivity contribution in [1.82, 2.24) is 0 Å². The molecule has 31 heavy (non-hydrogen) atoms. The van der Waals surface area contributed by atoms with E-state index in [1.54, 1.807) is 6.07 Å². The van der Waals surface area contributed by atoms with Crippen molar-refractivity contribution in [2.45, 2.75) is 25.0 Å². The molecule has 3 aromatic rings. The molecule has 0 radical (unpaired) electrons. The monoisotopic (exact) mass is 405 g/mol. The van der Waals surface area contributed by atoms with Crippen LogP contribution in [0.15, 0.2) is 71.7 Å². The lowest BCUT2D eigenvalue weighted by atomic mass is 9.84. The Morgan fingerprint density at radius 2 is 1.81 bits per heavy atom. The van der Waals surface area contributed by atoms with Gasteiger partial charge in [-0.25, -0.2) is 0 Å². The highest BCUT2D eigenvalue weighted by atomic mass is 16.5. The number of aliphatic imine (C=N–C) groups is 1. The average Bonchev–Trinajstić information content (AvgIpc) is 2.83. The summed E-state index contributed by atoms with van der Waals surface area (Å²) in [5.41, 5.74) is 6.46. The molecule has 0 aliphatic carbocycles. The van der Waals surface area contributed by atoms with Gasteiger partial charge in [0.2, 0.25) is 6.19 Å². The maximum atomic E-state index is 9.31. The highest BCUT2D eigenvalue weighted by Gasteiger charge is 2.35. The zero-order valence-electron chi connectivity index (χ0n) is 16.8. The summed E-state index contributed by atoms with van der Waals surface area (Å²) in [4.78, 5) is 4.14. The molecular weight excluding hydrogens is 386 g/mol. The van der Waals surface area contributed by atoms with E-state index in [2.05, 4.69) is 23.2 Å². The molecule has 2 unspecified atom stereocenters. The molecule has 5 heteroatoms. The molecule has 0 spiro atoms. The van der Waals surface area contributed by atoms with E-state index in [0.29, 0.717) is 30.9 Å². The van der Waals surface area contributed by atoms with Gasteiger partial charge in [-0.15, -0.1) is 0 Å². The van der Waals surface area contributed by atoms with Crippen molar-refractivity contribution in [3.8, 4) is 29.1 Å². The smallest absolute Gasteiger partial charge is 0.205 e. The lowest BCUT2D eigenvalue weighted by molar-refractivity contribution is 0.0479. The van der Waals surface area contributed by atoms with Gasteiger partial charge < -0.3 is 9.47 Å². The second-order valence-corrected chi connectivity index (χ2v) is 7.74. The zero-order valence-corrected chi connectivity index (χ0v) is 16.8. The van der Waals surface area contributed by atoms with Crippen molar-refractivity contribution in [1.29, 1.82) is 10.5 Å². The summed E-state index contributed by atoms with van der Waals surface area (Å²) in [6.07, 6.45) is 2.33. The summed E-state index contributed by atoms with van der Waals surface area (Å²) in [7, 11) is 0. The number of hydrogen-bond acceptors (Lipinski definition) is 5. The van der Waals surface area contributed by atoms with Crippen LogP contribution in [-0.4, -0.2) is 18.4 Å². The van der Waals surface area contributed by atoms with Crippen LogP contribution in [0.1, 0.15) is 34.6 Å². The van der Waals surface area contributed by atoms with Gasteiger partial charge >= 0.3 is 0 Å². The predicted octanol–water partition coefficient (Wildman–Crippen LogP) is 4.96. The van der Waals surface area contributed by atoms with Gasteiger partial charge in [-0.2, -0.15) is 15.5 Å². The van der Waals surface area contributed by atoms with E-state index in [0.717, 1.165) is 22.4 Å². The van der Waals surface area contributed by atoms with E-state index >= 15 is 0 Å². The summed E-state index contributed by atoms with van der Waals surface area (Å²) in [5, 5.41) is 18.5. The number of nitrogens with zero attached hydrogens (tertiary/aromatic N) is 3. The van der Waals surface area contributed by atoms with Gasteiger partial charge in [0.05, 0.1) is 30.6 Å². The van der Waals surface area contributed by atoms with Crippen LogP contribution in [0.4, 0.5) is 0 Å². The van der Waals surface area contributed by atoms with Gasteiger partial charge in [0.25, 0.3) is 0 Å². The Bertz CT molecular complexity index is 1270. The van der Waals surface area contributed by atoms with Crippen LogP contribution in [0.2, 0.25) is 0 Å². The van der Waals surface area contributed by atoms with Crippen LogP contribution in [0.3, 0.4) is 0 Å². The second-order valence-electron chi connectivity index (χ2n) is 7.74. The first-order chi connectivity index (χ1) is 15.3. The minimum Gasteiger partial charge on any atom is -0.489 e. The quantitative estimate of drug-likeness (QED) is 0.565. The normalized spacial score (nSPS) is 20.6. The van der Waals surface area contributed by atoms with Gasteiger partial charge in [0.1, 0.15) is 11.9 Å². The molecule has 0 saturated heterocycles. The fourth-order valence-electron chi connectivity index (χ4n) is 4.42. The van der Waals surface area contributed by atoms with E-state index in [1.165, 1.54) is 11.1 Å². The molecule has 2 atom stereocenters. The van der Waals surface area contributed by atoms with Crippen molar-refractivity contribution < 1.29 is 9.47 Å². The molecule has 5 rings (SSSR count). The highest BCUT2D eigenvalue weighted by Crippen LogP contribution is 2.39. The average molecular weight is 405 g/mol. The fraction of sp³-hybridized carbons (Fsp3) is 0.192. The van der Waals surface area contributed by atoms with Gasteiger partial charge in [0.15, 0.2) is 0 Å². The van der Waals surface area contributed by atoms with E-state index < -0.39 is 0 Å². The Morgan fingerprint density at radius 3 is 2.68 bits per heavy atom. The molecule has 2 aliphatic heterocycles. The lowest BCUT2D eigenvalue weighted by Crippen LogP contribution is -2.37. The van der Waals surface area contributed by atoms with Crippen LogP contribution in [-0.2, 0) is 11.3 Å². The maximum absolute atomic E-state index is 9.31. The molecule has 2 aliphatic rings. The number of ether oxygens (including phenoxy) is 2. The van der Waals surface area contributed by atoms with Gasteiger partial charge in [-0.3, -0.25) is 0 Å². The number of nitriles is 2. The van der Waals surface area contributed by atoms with Crippen molar-refractivity contribution in [3.05, 3.63) is 89.0 Å². The first-order valence-electron chi connectivity index (χ1n) is 10.2. The van der Waals surface area contributed by atoms with Gasteiger partial charge in [0, 0.05) is 17.9 Å². The molecule has 2 heterocycles. The van der Waals surface area contributed by atoms with Crippen LogP contribution < -0.4 is 4.74 Å². The standard InChI is InChI=1S/C26H19N3O2/c27-13-17-4-3-6-18(10-17)19-8-9-25-22(11-19)24(29-16-28)12-26(31-25)23-15-30-14-20-5-1-2-7-21(20)23/h1-11,23,26H,12,14-15H2. The molecule has 0 amide bonds. The largest absolute Gasteiger partial charge is 0.489 e. The molecule has 150 valence electrons. The summed E-state index contributed by atoms with van der Waals surface area (Å²) >= 11 is 0. The van der Waals surface area contributed by atoms with E-state index in [1.807, 2.05) is 54.7 Å². The number of rotatable bonds is 2. The number of fused-ring (bicyclic) bond motifs is 2. The molecule has 0 fully saturated rings. The Balaban J connectivity index is 1.52. The van der Waals surface area contributed by atoms with Gasteiger partial charge in [-0.05, 0) is 46.5 Å². The fourth-order valence-corrected chi connectivity index (χ4v) is 4.42. The predicted molar refractivity (Wildman–Crippen MR) is 117 cm³/mol. The topological polar surface area (TPSA) is 78.4 Å². The first kappa shape index (κ1) is 19.1. The SMILES string of the molecule is N#CN=C1CC(C2COCc3ccccc32)Oc2ccc(-c3cccc(C#N)c3)cc21. The van der Waals surface area contributed by atoms with E-state index in [-0.39, 0.29) is 12.0 Å². The molecule has 0 N–H and O–H groups in total. The number of hydrogen-bond donors (Lipinski definition) is 0. The van der Waals surface area contributed by atoms with Crippen LogP contribution in [0.25, 0.3) is 11.1 Å². The van der Waals surface area contributed by atoms with E-state index in [4.69, 9.17) is 9.47 Å². The van der Waals surface area contributed by atoms with Crippen molar-refractivity contribution in [2.75, 3.05) is 6.61 Å². The van der Waals surface area contributed by atoms with Crippen LogP contribution >= 0.6 is 0 Å². The van der Waals surface area contributed by atoms with Crippen molar-refractivity contribution in [2.24, 2.45) is 4.99 Å². The number of benzene rings is 3. The Morgan fingerprint density at radius 1 is 0.935 bits per heavy atom. The maximum Gasteiger partial charge on any atom is 0.205 e. The molecule has 0 aromatic heterocycles. The van der Waals surface area contributed by atoms with E-state index in [9.17, 15) is 10.5 Å². The van der Waals surface area contributed by atoms with Crippen LogP contribution in [0.5, 0.6) is 5.75 Å². The third-order valence-corrected chi connectivity index (χ3v) is 5.93. The van der Waals surface area contributed by atoms with Crippen molar-refractivity contribution in [3.63, 3.8) is 0 Å².